The Hall–Kier alpha value is -3.62. The first kappa shape index (κ1) is 19.2. The molecule has 3 rings (SSSR count). The molecule has 0 spiro atoms. The first-order valence-corrected chi connectivity index (χ1v) is 8.77. The van der Waals surface area contributed by atoms with E-state index in [1.807, 2.05) is 30.3 Å². The lowest BCUT2D eigenvalue weighted by atomic mass is 10.2. The number of fused-ring (bicyclic) bond motifs is 1. The van der Waals surface area contributed by atoms with Crippen molar-refractivity contribution in [3.63, 3.8) is 0 Å². The molecule has 0 fully saturated rings. The van der Waals surface area contributed by atoms with Crippen LogP contribution in [0.2, 0.25) is 0 Å². The number of rotatable bonds is 9. The lowest BCUT2D eigenvalue weighted by Gasteiger charge is -2.07. The van der Waals surface area contributed by atoms with Gasteiger partial charge in [0.25, 0.3) is 5.69 Å². The van der Waals surface area contributed by atoms with Gasteiger partial charge in [0.1, 0.15) is 12.4 Å². The molecule has 0 aliphatic carbocycles. The van der Waals surface area contributed by atoms with Crippen molar-refractivity contribution in [1.29, 1.82) is 0 Å². The fourth-order valence-corrected chi connectivity index (χ4v) is 2.74. The van der Waals surface area contributed by atoms with Gasteiger partial charge in [0, 0.05) is 19.0 Å². The van der Waals surface area contributed by atoms with Gasteiger partial charge in [-0.05, 0) is 24.6 Å². The molecule has 0 saturated heterocycles. The van der Waals surface area contributed by atoms with Gasteiger partial charge in [-0.3, -0.25) is 19.5 Å². The van der Waals surface area contributed by atoms with E-state index in [-0.39, 0.29) is 30.1 Å². The van der Waals surface area contributed by atoms with Gasteiger partial charge in [-0.1, -0.05) is 18.2 Å². The third-order valence-electron chi connectivity index (χ3n) is 4.08. The molecule has 1 heterocycles. The van der Waals surface area contributed by atoms with Crippen LogP contribution in [0.1, 0.15) is 12.8 Å². The molecule has 0 unspecified atom stereocenters. The minimum Gasteiger partial charge on any atom is -0.492 e. The fourth-order valence-electron chi connectivity index (χ4n) is 2.74. The van der Waals surface area contributed by atoms with Gasteiger partial charge in [0.2, 0.25) is 5.91 Å². The summed E-state index contributed by atoms with van der Waals surface area (Å²) in [6, 6.07) is 13.3. The molecule has 0 radical (unpaired) electrons. The van der Waals surface area contributed by atoms with E-state index in [1.54, 1.807) is 0 Å². The van der Waals surface area contributed by atoms with Crippen molar-refractivity contribution in [3.05, 3.63) is 69.2 Å². The van der Waals surface area contributed by atoms with Gasteiger partial charge < -0.3 is 14.5 Å². The molecule has 9 nitrogen and oxygen atoms in total. The quantitative estimate of drug-likeness (QED) is 0.344. The molecular weight excluding hydrogens is 366 g/mol. The number of hydrogen-bond donors (Lipinski definition) is 1. The van der Waals surface area contributed by atoms with Crippen LogP contribution in [0.5, 0.6) is 5.75 Å². The van der Waals surface area contributed by atoms with Gasteiger partial charge in [-0.2, -0.15) is 0 Å². The number of nitrogens with one attached hydrogen (secondary N) is 1. The van der Waals surface area contributed by atoms with Crippen molar-refractivity contribution in [2.75, 3.05) is 13.2 Å². The van der Waals surface area contributed by atoms with Crippen LogP contribution >= 0.6 is 0 Å². The molecule has 146 valence electrons. The summed E-state index contributed by atoms with van der Waals surface area (Å²) in [5.41, 5.74) is 0.472. The number of aromatic nitrogens is 1. The van der Waals surface area contributed by atoms with Crippen molar-refractivity contribution >= 4 is 22.7 Å². The largest absolute Gasteiger partial charge is 0.492 e. The number of non-ortho nitro benzene ring substituents is 1. The van der Waals surface area contributed by atoms with Crippen molar-refractivity contribution in [3.8, 4) is 5.75 Å². The zero-order valence-corrected chi connectivity index (χ0v) is 15.0. The molecule has 0 saturated carbocycles. The zero-order valence-electron chi connectivity index (χ0n) is 15.0. The van der Waals surface area contributed by atoms with Crippen molar-refractivity contribution in [1.82, 2.24) is 9.88 Å². The lowest BCUT2D eigenvalue weighted by molar-refractivity contribution is -0.384. The highest BCUT2D eigenvalue weighted by Gasteiger charge is 2.14. The third kappa shape index (κ3) is 4.76. The van der Waals surface area contributed by atoms with Crippen molar-refractivity contribution < 1.29 is 18.9 Å². The number of para-hydroxylation sites is 1. The minimum atomic E-state index is -0.604. The lowest BCUT2D eigenvalue weighted by Crippen LogP contribution is -2.28. The van der Waals surface area contributed by atoms with Gasteiger partial charge in [-0.25, -0.2) is 4.79 Å². The summed E-state index contributed by atoms with van der Waals surface area (Å²) in [4.78, 5) is 34.1. The number of nitro benzene ring substituents is 1. The van der Waals surface area contributed by atoms with Crippen LogP contribution in [0.25, 0.3) is 11.1 Å². The Balaban J connectivity index is 1.45. The average molecular weight is 385 g/mol. The van der Waals surface area contributed by atoms with E-state index in [2.05, 4.69) is 5.32 Å². The molecule has 9 heteroatoms. The number of nitro groups is 1. The maximum absolute atomic E-state index is 12.0. The Morgan fingerprint density at radius 3 is 2.75 bits per heavy atom. The Morgan fingerprint density at radius 1 is 1.21 bits per heavy atom. The number of benzene rings is 2. The smallest absolute Gasteiger partial charge is 0.419 e. The fraction of sp³-hybridized carbons (Fsp3) is 0.263. The van der Waals surface area contributed by atoms with E-state index in [0.717, 1.165) is 5.75 Å². The normalized spacial score (nSPS) is 10.7. The highest BCUT2D eigenvalue weighted by Crippen LogP contribution is 2.20. The zero-order chi connectivity index (χ0) is 19.9. The maximum Gasteiger partial charge on any atom is 0.419 e. The number of nitrogens with zero attached hydrogens (tertiary/aromatic N) is 2. The second-order valence-electron chi connectivity index (χ2n) is 6.04. The SMILES string of the molecule is O=C(CCCn1c(=O)oc2cc([N+](=O)[O-])ccc21)NCCOc1ccccc1. The Bertz CT molecular complexity index is 1030. The maximum atomic E-state index is 12.0. The second-order valence-corrected chi connectivity index (χ2v) is 6.04. The highest BCUT2D eigenvalue weighted by molar-refractivity contribution is 5.76. The molecule has 0 bridgehead atoms. The first-order valence-electron chi connectivity index (χ1n) is 8.77. The molecule has 2 aromatic carbocycles. The minimum absolute atomic E-state index is 0.145. The van der Waals surface area contributed by atoms with E-state index < -0.39 is 10.7 Å². The molecule has 0 aliphatic heterocycles. The second kappa shape index (κ2) is 8.85. The predicted molar refractivity (Wildman–Crippen MR) is 101 cm³/mol. The Morgan fingerprint density at radius 2 is 2.00 bits per heavy atom. The van der Waals surface area contributed by atoms with E-state index >= 15 is 0 Å². The van der Waals surface area contributed by atoms with Gasteiger partial charge >= 0.3 is 5.76 Å². The Kier molecular flexibility index (Phi) is 6.05. The molecule has 3 aromatic rings. The van der Waals surface area contributed by atoms with E-state index in [0.29, 0.717) is 25.1 Å². The summed E-state index contributed by atoms with van der Waals surface area (Å²) in [5.74, 6) is -0.0106. The van der Waals surface area contributed by atoms with Crippen LogP contribution in [0.4, 0.5) is 5.69 Å². The summed E-state index contributed by atoms with van der Waals surface area (Å²) in [6.45, 7) is 1.02. The number of aryl methyl sites for hydroxylation is 1. The molecular formula is C19H19N3O6. The number of carbonyl (C=O) groups excluding carboxylic acids is 1. The van der Waals surface area contributed by atoms with Crippen LogP contribution in [-0.2, 0) is 11.3 Å². The first-order chi connectivity index (χ1) is 13.5. The van der Waals surface area contributed by atoms with E-state index in [1.165, 1.54) is 22.8 Å². The summed E-state index contributed by atoms with van der Waals surface area (Å²) in [7, 11) is 0. The highest BCUT2D eigenvalue weighted by atomic mass is 16.6. The molecule has 1 aromatic heterocycles. The molecule has 0 aliphatic rings. The predicted octanol–water partition coefficient (Wildman–Crippen LogP) is 2.48. The summed E-state index contributed by atoms with van der Waals surface area (Å²) in [6.07, 6.45) is 0.661. The molecule has 0 atom stereocenters. The summed E-state index contributed by atoms with van der Waals surface area (Å²) in [5, 5.41) is 13.6. The number of ether oxygens (including phenoxy) is 1. The number of hydrogen-bond acceptors (Lipinski definition) is 6. The topological polar surface area (TPSA) is 117 Å². The van der Waals surface area contributed by atoms with Crippen molar-refractivity contribution in [2.45, 2.75) is 19.4 Å². The van der Waals surface area contributed by atoms with Gasteiger partial charge in [0.15, 0.2) is 5.58 Å². The molecule has 1 amide bonds. The number of oxazole rings is 1. The molecule has 28 heavy (non-hydrogen) atoms. The van der Waals surface area contributed by atoms with Crippen molar-refractivity contribution in [2.24, 2.45) is 0 Å². The van der Waals surface area contributed by atoms with Crippen LogP contribution in [0.3, 0.4) is 0 Å². The van der Waals surface area contributed by atoms with Crippen LogP contribution in [0, 0.1) is 10.1 Å². The monoisotopic (exact) mass is 385 g/mol. The number of carbonyl (C=O) groups is 1. The third-order valence-corrected chi connectivity index (χ3v) is 4.08. The average Bonchev–Trinajstić information content (AvgIpc) is 3.00. The summed E-state index contributed by atoms with van der Waals surface area (Å²) < 4.78 is 11.9. The van der Waals surface area contributed by atoms with Gasteiger partial charge in [-0.15, -0.1) is 0 Å². The number of amides is 1. The molecule has 1 N–H and O–H groups in total. The Labute approximate surface area is 159 Å². The summed E-state index contributed by atoms with van der Waals surface area (Å²) >= 11 is 0. The van der Waals surface area contributed by atoms with Gasteiger partial charge in [0.05, 0.1) is 23.1 Å². The van der Waals surface area contributed by atoms with Crippen LogP contribution < -0.4 is 15.8 Å². The van der Waals surface area contributed by atoms with Crippen LogP contribution in [-0.4, -0.2) is 28.5 Å². The van der Waals surface area contributed by atoms with E-state index in [9.17, 15) is 19.7 Å². The van der Waals surface area contributed by atoms with E-state index in [4.69, 9.17) is 9.15 Å². The van der Waals surface area contributed by atoms with Crippen LogP contribution in [0.15, 0.2) is 57.7 Å². The standard InChI is InChI=1S/C19H19N3O6/c23-18(20-10-12-27-15-5-2-1-3-6-15)7-4-11-21-16-9-8-14(22(25)26)13-17(16)28-19(21)24/h1-3,5-6,8-9,13H,4,7,10-12H2,(H,20,23).